The number of esters is 1. The first kappa shape index (κ1) is 23.5. The summed E-state index contributed by atoms with van der Waals surface area (Å²) in [7, 11) is 1.45. The zero-order valence-corrected chi connectivity index (χ0v) is 20.1. The first-order valence-electron chi connectivity index (χ1n) is 12.8. The van der Waals surface area contributed by atoms with E-state index in [0.717, 1.165) is 57.8 Å². The Morgan fingerprint density at radius 3 is 2.58 bits per heavy atom. The monoisotopic (exact) mass is 435 g/mol. The van der Waals surface area contributed by atoms with Gasteiger partial charge in [-0.3, -0.25) is 4.79 Å². The second-order valence-electron chi connectivity index (χ2n) is 12.1. The molecule has 0 radical (unpaired) electrons. The van der Waals surface area contributed by atoms with Gasteiger partial charge in [-0.05, 0) is 97.7 Å². The van der Waals surface area contributed by atoms with Crippen LogP contribution in [0.5, 0.6) is 0 Å². The third kappa shape index (κ3) is 3.77. The van der Waals surface area contributed by atoms with Crippen LogP contribution >= 0.6 is 0 Å². The molecule has 11 atom stereocenters. The van der Waals surface area contributed by atoms with E-state index in [1.807, 2.05) is 0 Å². The minimum atomic E-state index is -0.344. The fraction of sp³-hybridized carbons (Fsp3) is 0.962. The van der Waals surface area contributed by atoms with E-state index in [-0.39, 0.29) is 41.0 Å². The van der Waals surface area contributed by atoms with Crippen LogP contribution in [0.1, 0.15) is 85.0 Å². The fourth-order valence-corrected chi connectivity index (χ4v) is 9.03. The zero-order valence-electron chi connectivity index (χ0n) is 20.1. The van der Waals surface area contributed by atoms with Gasteiger partial charge in [-0.15, -0.1) is 0 Å². The Kier molecular flexibility index (Phi) is 6.53. The minimum Gasteiger partial charge on any atom is -0.469 e. The summed E-state index contributed by atoms with van der Waals surface area (Å²) in [5.41, 5.74) is 6.31. The van der Waals surface area contributed by atoms with Gasteiger partial charge < -0.3 is 20.7 Å². The van der Waals surface area contributed by atoms with Crippen LogP contribution in [0.2, 0.25) is 0 Å². The summed E-state index contributed by atoms with van der Waals surface area (Å²) in [4.78, 5) is 11.7. The molecule has 5 heteroatoms. The quantitative estimate of drug-likeness (QED) is 0.583. The molecule has 0 spiro atoms. The normalized spacial score (nSPS) is 50.5. The molecule has 0 bridgehead atoms. The summed E-state index contributed by atoms with van der Waals surface area (Å²) in [5, 5.41) is 23.1. The number of aliphatic hydroxyl groups excluding tert-OH is 2. The molecule has 0 aromatic carbocycles. The third-order valence-corrected chi connectivity index (χ3v) is 10.9. The standard InChI is InChI=1S/C26H45NO4/c1-15(8-9-23(30)31-4)18-6-5-7-19-24-20(14-22(29)26(18,19)3)25(2)11-10-17(27)12-16(25)13-21(24)28/h15-22,24,28-29H,5-14,27H2,1-4H3/t15?,16-,17-,18+,19?,20?,21+,22-,24?,25-,26+/m0/s1. The van der Waals surface area contributed by atoms with Crippen LogP contribution in [0, 0.1) is 46.3 Å². The Labute approximate surface area is 188 Å². The van der Waals surface area contributed by atoms with Crippen LogP contribution in [0.3, 0.4) is 0 Å². The van der Waals surface area contributed by atoms with E-state index in [4.69, 9.17) is 10.5 Å². The molecule has 4 aliphatic rings. The van der Waals surface area contributed by atoms with Gasteiger partial charge in [0.15, 0.2) is 0 Å². The fourth-order valence-electron chi connectivity index (χ4n) is 9.03. The first-order valence-corrected chi connectivity index (χ1v) is 12.8. The summed E-state index contributed by atoms with van der Waals surface area (Å²) >= 11 is 0. The van der Waals surface area contributed by atoms with E-state index in [0.29, 0.717) is 36.0 Å². The van der Waals surface area contributed by atoms with Crippen molar-refractivity contribution in [3.63, 3.8) is 0 Å². The molecule has 4 unspecified atom stereocenters. The second kappa shape index (κ2) is 8.61. The van der Waals surface area contributed by atoms with Crippen molar-refractivity contribution in [3.8, 4) is 0 Å². The van der Waals surface area contributed by atoms with Gasteiger partial charge >= 0.3 is 5.97 Å². The van der Waals surface area contributed by atoms with Gasteiger partial charge in [0.25, 0.3) is 0 Å². The van der Waals surface area contributed by atoms with Crippen molar-refractivity contribution in [2.24, 2.45) is 52.1 Å². The molecule has 0 saturated heterocycles. The summed E-state index contributed by atoms with van der Waals surface area (Å²) in [5.74, 6) is 2.07. The maximum atomic E-state index is 11.7. The molecule has 31 heavy (non-hydrogen) atoms. The smallest absolute Gasteiger partial charge is 0.305 e. The Hall–Kier alpha value is -0.650. The number of hydrogen-bond acceptors (Lipinski definition) is 5. The number of carbonyl (C=O) groups is 1. The van der Waals surface area contributed by atoms with Crippen molar-refractivity contribution >= 4 is 5.97 Å². The minimum absolute atomic E-state index is 0.147. The summed E-state index contributed by atoms with van der Waals surface area (Å²) < 4.78 is 4.86. The second-order valence-corrected chi connectivity index (χ2v) is 12.1. The predicted octanol–water partition coefficient (Wildman–Crippen LogP) is 3.89. The number of nitrogens with two attached hydrogens (primary N) is 1. The van der Waals surface area contributed by atoms with Crippen molar-refractivity contribution in [2.75, 3.05) is 7.11 Å². The summed E-state index contributed by atoms with van der Waals surface area (Å²) in [6.07, 6.45) is 8.87. The van der Waals surface area contributed by atoms with Crippen molar-refractivity contribution in [1.29, 1.82) is 0 Å². The SMILES string of the molecule is COC(=O)CCC(C)[C@H]1CCCC2C3C(C[C@H](O)[C@@]21C)[C@@]1(C)CC[C@H](N)C[C@H]1C[C@H]3O. The Balaban J connectivity index is 1.61. The first-order chi connectivity index (χ1) is 14.6. The zero-order chi connectivity index (χ0) is 22.6. The van der Waals surface area contributed by atoms with Gasteiger partial charge in [0.2, 0.25) is 0 Å². The molecular weight excluding hydrogens is 390 g/mol. The van der Waals surface area contributed by atoms with Crippen LogP contribution in [0.15, 0.2) is 0 Å². The van der Waals surface area contributed by atoms with E-state index in [2.05, 4.69) is 20.8 Å². The van der Waals surface area contributed by atoms with Gasteiger partial charge in [0.1, 0.15) is 0 Å². The number of carbonyl (C=O) groups excluding carboxylic acids is 1. The topological polar surface area (TPSA) is 92.8 Å². The van der Waals surface area contributed by atoms with E-state index >= 15 is 0 Å². The molecule has 4 saturated carbocycles. The Morgan fingerprint density at radius 2 is 1.87 bits per heavy atom. The average Bonchev–Trinajstić information content (AvgIpc) is 2.73. The van der Waals surface area contributed by atoms with Crippen LogP contribution in [-0.4, -0.2) is 41.5 Å². The molecular formula is C26H45NO4. The van der Waals surface area contributed by atoms with Gasteiger partial charge in [-0.2, -0.15) is 0 Å². The summed E-state index contributed by atoms with van der Waals surface area (Å²) in [6, 6.07) is 0.260. The molecule has 4 aliphatic carbocycles. The van der Waals surface area contributed by atoms with E-state index < -0.39 is 0 Å². The lowest BCUT2D eigenvalue weighted by atomic mass is 9.39. The molecule has 0 aromatic heterocycles. The Morgan fingerprint density at radius 1 is 1.13 bits per heavy atom. The highest BCUT2D eigenvalue weighted by Gasteiger charge is 2.64. The highest BCUT2D eigenvalue weighted by Crippen LogP contribution is 2.67. The number of hydrogen-bond donors (Lipinski definition) is 3. The number of ether oxygens (including phenoxy) is 1. The number of fused-ring (bicyclic) bond motifs is 5. The molecule has 4 rings (SSSR count). The molecule has 5 nitrogen and oxygen atoms in total. The van der Waals surface area contributed by atoms with Crippen LogP contribution in [0.25, 0.3) is 0 Å². The number of aliphatic hydroxyl groups is 2. The lowest BCUT2D eigenvalue weighted by molar-refractivity contribution is -0.228. The van der Waals surface area contributed by atoms with Crippen molar-refractivity contribution in [2.45, 2.75) is 103 Å². The van der Waals surface area contributed by atoms with Crippen molar-refractivity contribution < 1.29 is 19.7 Å². The van der Waals surface area contributed by atoms with Crippen LogP contribution in [0.4, 0.5) is 0 Å². The average molecular weight is 436 g/mol. The molecule has 4 N–H and O–H groups in total. The van der Waals surface area contributed by atoms with Gasteiger partial charge in [-0.25, -0.2) is 0 Å². The lowest BCUT2D eigenvalue weighted by Gasteiger charge is -2.66. The largest absolute Gasteiger partial charge is 0.469 e. The molecule has 0 aromatic rings. The Bertz CT molecular complexity index is 670. The van der Waals surface area contributed by atoms with E-state index in [1.54, 1.807) is 0 Å². The molecule has 0 aliphatic heterocycles. The van der Waals surface area contributed by atoms with Gasteiger partial charge in [0, 0.05) is 12.5 Å². The predicted molar refractivity (Wildman–Crippen MR) is 121 cm³/mol. The van der Waals surface area contributed by atoms with Crippen molar-refractivity contribution in [3.05, 3.63) is 0 Å². The van der Waals surface area contributed by atoms with Crippen LogP contribution in [-0.2, 0) is 9.53 Å². The lowest BCUT2D eigenvalue weighted by Crippen LogP contribution is -2.65. The number of rotatable bonds is 4. The maximum absolute atomic E-state index is 11.7. The summed E-state index contributed by atoms with van der Waals surface area (Å²) in [6.45, 7) is 6.98. The molecule has 178 valence electrons. The molecule has 4 fully saturated rings. The highest BCUT2D eigenvalue weighted by atomic mass is 16.5. The maximum Gasteiger partial charge on any atom is 0.305 e. The van der Waals surface area contributed by atoms with Crippen LogP contribution < -0.4 is 5.73 Å². The van der Waals surface area contributed by atoms with Gasteiger partial charge in [-0.1, -0.05) is 27.2 Å². The van der Waals surface area contributed by atoms with Gasteiger partial charge in [0.05, 0.1) is 19.3 Å². The highest BCUT2D eigenvalue weighted by molar-refractivity contribution is 5.69. The molecule has 0 amide bonds. The molecule has 0 heterocycles. The van der Waals surface area contributed by atoms with E-state index in [9.17, 15) is 15.0 Å². The van der Waals surface area contributed by atoms with E-state index in [1.165, 1.54) is 7.11 Å². The number of methoxy groups -OCH3 is 1. The van der Waals surface area contributed by atoms with Crippen molar-refractivity contribution in [1.82, 2.24) is 0 Å². The third-order valence-electron chi connectivity index (χ3n) is 10.9.